The van der Waals surface area contributed by atoms with Crippen LogP contribution < -0.4 is 0 Å². The average molecular weight is 435 g/mol. The van der Waals surface area contributed by atoms with E-state index in [1.807, 2.05) is 20.8 Å². The number of ketones is 1. The molecule has 0 unspecified atom stereocenters. The molecule has 1 N–H and O–H groups in total. The van der Waals surface area contributed by atoms with Gasteiger partial charge < -0.3 is 24.1 Å². The summed E-state index contributed by atoms with van der Waals surface area (Å²) in [4.78, 5) is 13.2. The molecule has 1 saturated heterocycles. The molecule has 31 heavy (non-hydrogen) atoms. The van der Waals surface area contributed by atoms with Crippen LogP contribution in [0.15, 0.2) is 23.3 Å². The van der Waals surface area contributed by atoms with Crippen molar-refractivity contribution >= 4 is 5.78 Å². The molecule has 0 aromatic heterocycles. The van der Waals surface area contributed by atoms with Crippen molar-refractivity contribution in [1.29, 1.82) is 0 Å². The summed E-state index contributed by atoms with van der Waals surface area (Å²) in [5, 5.41) is 10.8. The Labute approximate surface area is 186 Å². The van der Waals surface area contributed by atoms with Gasteiger partial charge in [-0.3, -0.25) is 4.79 Å². The van der Waals surface area contributed by atoms with Gasteiger partial charge in [-0.1, -0.05) is 27.4 Å². The third kappa shape index (κ3) is 3.37. The molecule has 174 valence electrons. The first kappa shape index (κ1) is 23.1. The van der Waals surface area contributed by atoms with Gasteiger partial charge in [0.2, 0.25) is 0 Å². The van der Waals surface area contributed by atoms with Crippen molar-refractivity contribution < 1.29 is 28.8 Å². The zero-order valence-corrected chi connectivity index (χ0v) is 20.0. The van der Waals surface area contributed by atoms with Crippen molar-refractivity contribution in [1.82, 2.24) is 0 Å². The number of hydrogen-bond acceptors (Lipinski definition) is 6. The summed E-state index contributed by atoms with van der Waals surface area (Å²) >= 11 is 0. The number of carbonyl (C=O) groups is 1. The lowest BCUT2D eigenvalue weighted by atomic mass is 9.49. The average Bonchev–Trinajstić information content (AvgIpc) is 2.99. The van der Waals surface area contributed by atoms with Gasteiger partial charge in [0.25, 0.3) is 0 Å². The van der Waals surface area contributed by atoms with E-state index in [2.05, 4.69) is 27.4 Å². The number of aliphatic hydroxyl groups is 1. The molecule has 0 aromatic rings. The highest BCUT2D eigenvalue weighted by atomic mass is 16.8. The molecule has 0 aromatic carbocycles. The zero-order chi connectivity index (χ0) is 22.9. The summed E-state index contributed by atoms with van der Waals surface area (Å²) in [5.41, 5.74) is 1.87. The highest BCUT2D eigenvalue weighted by Gasteiger charge is 2.65. The Hall–Kier alpha value is -1.05. The molecule has 3 fully saturated rings. The molecule has 1 aliphatic heterocycles. The third-order valence-electron chi connectivity index (χ3n) is 8.48. The van der Waals surface area contributed by atoms with E-state index >= 15 is 0 Å². The molecule has 3 aliphatic carbocycles. The molecule has 2 saturated carbocycles. The summed E-state index contributed by atoms with van der Waals surface area (Å²) in [6.45, 7) is 16.8. The molecule has 4 rings (SSSR count). The van der Waals surface area contributed by atoms with E-state index in [1.54, 1.807) is 7.11 Å². The summed E-state index contributed by atoms with van der Waals surface area (Å²) in [6, 6.07) is 0. The molecule has 6 heteroatoms. The normalized spacial score (nSPS) is 43.9. The first-order valence-electron chi connectivity index (χ1n) is 11.4. The second-order valence-corrected chi connectivity index (χ2v) is 11.1. The minimum absolute atomic E-state index is 0.0894. The largest absolute Gasteiger partial charge is 0.389 e. The van der Waals surface area contributed by atoms with Gasteiger partial charge in [-0.25, -0.2) is 0 Å². The van der Waals surface area contributed by atoms with E-state index in [9.17, 15) is 9.90 Å². The summed E-state index contributed by atoms with van der Waals surface area (Å²) in [6.07, 6.45) is 0.257. The molecule has 4 aliphatic rings. The summed E-state index contributed by atoms with van der Waals surface area (Å²) in [7, 11) is 1.60. The van der Waals surface area contributed by atoms with Crippen LogP contribution in [0, 0.1) is 22.7 Å². The SMILES string of the molecule is C=C1[C@@H](O)CC[C@@]2(C)[C@H]3OC(C)(C)O[C@@H]3C3=C(C)C(=O)C[C@@H]([C@@H](OCOC)[C@H]12)C3(C)C. The van der Waals surface area contributed by atoms with Crippen LogP contribution in [0.3, 0.4) is 0 Å². The van der Waals surface area contributed by atoms with E-state index in [0.29, 0.717) is 12.8 Å². The van der Waals surface area contributed by atoms with Gasteiger partial charge >= 0.3 is 0 Å². The molecule has 0 radical (unpaired) electrons. The lowest BCUT2D eigenvalue weighted by Crippen LogP contribution is -2.61. The maximum Gasteiger partial charge on any atom is 0.164 e. The van der Waals surface area contributed by atoms with E-state index in [4.69, 9.17) is 18.9 Å². The second-order valence-electron chi connectivity index (χ2n) is 11.1. The molecule has 6 nitrogen and oxygen atoms in total. The predicted octanol–water partition coefficient (Wildman–Crippen LogP) is 3.77. The fraction of sp³-hybridized carbons (Fsp3) is 0.800. The van der Waals surface area contributed by atoms with Gasteiger partial charge in [0.15, 0.2) is 11.6 Å². The minimum atomic E-state index is -0.771. The standard InChI is InChI=1S/C25H38O6/c1-13-16(26)9-10-25(7)19(13)20(29-12-28-8)15-11-17(27)14(2)18(23(15,3)4)21-22(25)31-24(5,6)30-21/h15-16,19-22,26H,1,9-12H2,2-8H3/t15-,16-,19-,20+,21+,22-,25+/m0/s1. The lowest BCUT2D eigenvalue weighted by Gasteiger charge is -2.58. The minimum Gasteiger partial charge on any atom is -0.389 e. The maximum atomic E-state index is 13.2. The molecule has 0 spiro atoms. The Morgan fingerprint density at radius 2 is 1.87 bits per heavy atom. The van der Waals surface area contributed by atoms with Crippen LogP contribution in [0.2, 0.25) is 0 Å². The van der Waals surface area contributed by atoms with Crippen LogP contribution in [0.5, 0.6) is 0 Å². The maximum absolute atomic E-state index is 13.2. The molecule has 7 atom stereocenters. The van der Waals surface area contributed by atoms with Gasteiger partial charge in [-0.05, 0) is 55.7 Å². The molecular weight excluding hydrogens is 396 g/mol. The van der Waals surface area contributed by atoms with E-state index in [-0.39, 0.29) is 53.6 Å². The van der Waals surface area contributed by atoms with Gasteiger partial charge in [-0.2, -0.15) is 0 Å². The Balaban J connectivity index is 1.98. The van der Waals surface area contributed by atoms with Crippen molar-refractivity contribution in [2.24, 2.45) is 22.7 Å². The first-order valence-corrected chi connectivity index (χ1v) is 11.4. The van der Waals surface area contributed by atoms with Crippen LogP contribution in [0.4, 0.5) is 0 Å². The van der Waals surface area contributed by atoms with Gasteiger partial charge in [0, 0.05) is 30.8 Å². The van der Waals surface area contributed by atoms with Crippen molar-refractivity contribution in [3.05, 3.63) is 23.3 Å². The monoisotopic (exact) mass is 434 g/mol. The van der Waals surface area contributed by atoms with Crippen molar-refractivity contribution in [2.75, 3.05) is 13.9 Å². The number of allylic oxidation sites excluding steroid dienone is 1. The number of hydrogen-bond donors (Lipinski definition) is 1. The van der Waals surface area contributed by atoms with E-state index in [1.165, 1.54) is 0 Å². The van der Waals surface area contributed by atoms with Crippen molar-refractivity contribution in [3.8, 4) is 0 Å². The highest BCUT2D eigenvalue weighted by molar-refractivity contribution is 5.97. The fourth-order valence-electron chi connectivity index (χ4n) is 6.92. The van der Waals surface area contributed by atoms with E-state index < -0.39 is 11.9 Å². The highest BCUT2D eigenvalue weighted by Crippen LogP contribution is 2.62. The zero-order valence-electron chi connectivity index (χ0n) is 20.0. The number of aliphatic hydroxyl groups excluding tert-OH is 1. The Morgan fingerprint density at radius 3 is 2.52 bits per heavy atom. The van der Waals surface area contributed by atoms with Crippen LogP contribution in [-0.4, -0.2) is 55.0 Å². The van der Waals surface area contributed by atoms with Crippen LogP contribution >= 0.6 is 0 Å². The number of ether oxygens (including phenoxy) is 4. The fourth-order valence-corrected chi connectivity index (χ4v) is 6.92. The quantitative estimate of drug-likeness (QED) is 0.538. The molecular formula is C25H38O6. The smallest absolute Gasteiger partial charge is 0.164 e. The topological polar surface area (TPSA) is 74.2 Å². The first-order chi connectivity index (χ1) is 14.3. The van der Waals surface area contributed by atoms with Crippen LogP contribution in [-0.2, 0) is 23.7 Å². The van der Waals surface area contributed by atoms with Crippen LogP contribution in [0.25, 0.3) is 0 Å². The van der Waals surface area contributed by atoms with Crippen molar-refractivity contribution in [2.45, 2.75) is 91.0 Å². The van der Waals surface area contributed by atoms with Crippen LogP contribution in [0.1, 0.15) is 60.8 Å². The number of fused-ring (bicyclic) bond motifs is 6. The summed E-state index contributed by atoms with van der Waals surface area (Å²) in [5.74, 6) is -0.919. The van der Waals surface area contributed by atoms with E-state index in [0.717, 1.165) is 23.1 Å². The van der Waals surface area contributed by atoms with Crippen molar-refractivity contribution in [3.63, 3.8) is 0 Å². The molecule has 1 heterocycles. The third-order valence-corrected chi connectivity index (χ3v) is 8.48. The second kappa shape index (κ2) is 7.49. The van der Waals surface area contributed by atoms with Gasteiger partial charge in [0.1, 0.15) is 12.9 Å². The number of rotatable bonds is 3. The number of carbonyl (C=O) groups excluding carboxylic acids is 1. The van der Waals surface area contributed by atoms with Gasteiger partial charge in [-0.15, -0.1) is 0 Å². The Kier molecular flexibility index (Phi) is 5.59. The number of methoxy groups -OCH3 is 1. The Morgan fingerprint density at radius 1 is 1.19 bits per heavy atom. The Bertz CT molecular complexity index is 811. The molecule has 0 amide bonds. The summed E-state index contributed by atoms with van der Waals surface area (Å²) < 4.78 is 24.8. The molecule has 2 bridgehead atoms. The predicted molar refractivity (Wildman–Crippen MR) is 116 cm³/mol. The lowest BCUT2D eigenvalue weighted by molar-refractivity contribution is -0.189. The van der Waals surface area contributed by atoms with Gasteiger partial charge in [0.05, 0.1) is 18.3 Å². The number of Topliss-reactive ketones (excluding diaryl/α,β-unsaturated/α-hetero) is 1.